The van der Waals surface area contributed by atoms with E-state index in [1.54, 1.807) is 12.1 Å². The number of nitrogens with one attached hydrogen (secondary N) is 1. The summed E-state index contributed by atoms with van der Waals surface area (Å²) in [6.07, 6.45) is 1.95. The van der Waals surface area contributed by atoms with Gasteiger partial charge >= 0.3 is 5.97 Å². The minimum Gasteiger partial charge on any atom is -0.464 e. The number of ether oxygens (including phenoxy) is 1. The number of carbonyl (C=O) groups is 1. The molecular formula is C24H27ClN4O3. The Bertz CT molecular complexity index is 1280. The molecule has 3 heterocycles. The van der Waals surface area contributed by atoms with Gasteiger partial charge in [-0.3, -0.25) is 9.36 Å². The molecule has 0 fully saturated rings. The van der Waals surface area contributed by atoms with Crippen LogP contribution in [0.2, 0.25) is 5.15 Å². The van der Waals surface area contributed by atoms with Gasteiger partial charge in [-0.15, -0.1) is 0 Å². The average molecular weight is 455 g/mol. The van der Waals surface area contributed by atoms with Crippen molar-refractivity contribution < 1.29 is 9.53 Å². The third-order valence-corrected chi connectivity index (χ3v) is 6.31. The van der Waals surface area contributed by atoms with Gasteiger partial charge in [0.1, 0.15) is 11.0 Å². The first-order valence-corrected chi connectivity index (χ1v) is 11.1. The second-order valence-electron chi connectivity index (χ2n) is 9.02. The summed E-state index contributed by atoms with van der Waals surface area (Å²) in [6.45, 7) is 8.89. The van der Waals surface area contributed by atoms with Gasteiger partial charge in [0, 0.05) is 17.5 Å². The first-order valence-electron chi connectivity index (χ1n) is 10.7. The van der Waals surface area contributed by atoms with E-state index in [0.717, 1.165) is 29.8 Å². The summed E-state index contributed by atoms with van der Waals surface area (Å²) >= 11 is 5.99. The number of anilines is 1. The molecule has 0 aliphatic carbocycles. The zero-order valence-electron chi connectivity index (χ0n) is 19.0. The van der Waals surface area contributed by atoms with Crippen LogP contribution in [0.4, 0.5) is 5.69 Å². The summed E-state index contributed by atoms with van der Waals surface area (Å²) in [5.74, 6) is 0.241. The van der Waals surface area contributed by atoms with Crippen LogP contribution < -0.4 is 10.9 Å². The van der Waals surface area contributed by atoms with Gasteiger partial charge in [0.05, 0.1) is 29.7 Å². The van der Waals surface area contributed by atoms with Crippen LogP contribution in [0.3, 0.4) is 0 Å². The van der Waals surface area contributed by atoms with Crippen LogP contribution in [-0.2, 0) is 16.7 Å². The highest BCUT2D eigenvalue weighted by Crippen LogP contribution is 2.34. The molecule has 0 radical (unpaired) electrons. The van der Waals surface area contributed by atoms with Gasteiger partial charge in [0.15, 0.2) is 5.69 Å². The largest absolute Gasteiger partial charge is 0.464 e. The Morgan fingerprint density at radius 2 is 2.03 bits per heavy atom. The number of carbonyl (C=O) groups excluding carboxylic acids is 1. The Kier molecular flexibility index (Phi) is 5.71. The van der Waals surface area contributed by atoms with Gasteiger partial charge in [-0.2, -0.15) is 0 Å². The fourth-order valence-electron chi connectivity index (χ4n) is 4.46. The third kappa shape index (κ3) is 3.86. The van der Waals surface area contributed by atoms with Crippen molar-refractivity contribution in [3.8, 4) is 0 Å². The normalized spacial score (nSPS) is 15.8. The van der Waals surface area contributed by atoms with E-state index in [1.807, 2.05) is 30.5 Å². The molecule has 168 valence electrons. The van der Waals surface area contributed by atoms with Crippen molar-refractivity contribution in [2.75, 3.05) is 12.4 Å². The van der Waals surface area contributed by atoms with Gasteiger partial charge in [0.2, 0.25) is 0 Å². The molecule has 3 aromatic rings. The highest BCUT2D eigenvalue weighted by Gasteiger charge is 2.31. The number of aromatic nitrogens is 3. The summed E-state index contributed by atoms with van der Waals surface area (Å²) < 4.78 is 6.68. The lowest BCUT2D eigenvalue weighted by atomic mass is 9.84. The lowest BCUT2D eigenvalue weighted by Gasteiger charge is -2.32. The monoisotopic (exact) mass is 454 g/mol. The molecule has 1 atom stereocenters. The molecule has 0 saturated heterocycles. The molecule has 1 aromatic carbocycles. The highest BCUT2D eigenvalue weighted by atomic mass is 35.5. The zero-order chi connectivity index (χ0) is 23.2. The number of hydrogen-bond acceptors (Lipinski definition) is 6. The Morgan fingerprint density at radius 1 is 1.28 bits per heavy atom. The third-order valence-electron chi connectivity index (χ3n) is 6.10. The Balaban J connectivity index is 1.86. The number of pyridine rings is 1. The van der Waals surface area contributed by atoms with Crippen LogP contribution in [0.25, 0.3) is 10.9 Å². The molecule has 0 bridgehead atoms. The maximum atomic E-state index is 13.4. The molecule has 1 aliphatic heterocycles. The topological polar surface area (TPSA) is 86.1 Å². The molecule has 0 saturated carbocycles. The number of fused-ring (bicyclic) bond motifs is 2. The van der Waals surface area contributed by atoms with Gasteiger partial charge in [0.25, 0.3) is 5.56 Å². The molecule has 1 N–H and O–H groups in total. The number of rotatable bonds is 4. The minimum atomic E-state index is -0.580. The summed E-state index contributed by atoms with van der Waals surface area (Å²) in [4.78, 5) is 34.7. The fraction of sp³-hybridized carbons (Fsp3) is 0.417. The lowest BCUT2D eigenvalue weighted by molar-refractivity contribution is 0.0595. The van der Waals surface area contributed by atoms with E-state index in [0.29, 0.717) is 23.1 Å². The summed E-state index contributed by atoms with van der Waals surface area (Å²) in [5, 5.41) is 4.15. The van der Waals surface area contributed by atoms with Gasteiger partial charge in [-0.05, 0) is 50.5 Å². The maximum Gasteiger partial charge on any atom is 0.358 e. The average Bonchev–Trinajstić information content (AvgIpc) is 2.75. The number of nitrogens with zero attached hydrogens (tertiary/aromatic N) is 3. The molecule has 7 nitrogen and oxygen atoms in total. The van der Waals surface area contributed by atoms with Gasteiger partial charge in [-0.1, -0.05) is 31.5 Å². The molecule has 0 amide bonds. The standard InChI is InChI=1S/C24H27ClN4O3/c1-13-11-15(14(2)26-17-7-8-18(25)27-20(17)22(31)32-5)19-16(12-13)21(30)29-10-6-9-24(3,4)23(29)28-19/h7-8,11-12,14,26H,6,9-10H2,1-5H3/t14-/m1/s1. The second kappa shape index (κ2) is 8.20. The van der Waals surface area contributed by atoms with Crippen molar-refractivity contribution in [3.05, 3.63) is 62.4 Å². The predicted molar refractivity (Wildman–Crippen MR) is 126 cm³/mol. The molecular weight excluding hydrogens is 428 g/mol. The first-order chi connectivity index (χ1) is 15.1. The Hall–Kier alpha value is -2.93. The Labute approximate surface area is 191 Å². The molecule has 0 unspecified atom stereocenters. The van der Waals surface area contributed by atoms with Crippen molar-refractivity contribution in [3.63, 3.8) is 0 Å². The first kappa shape index (κ1) is 22.3. The van der Waals surface area contributed by atoms with Crippen molar-refractivity contribution in [2.24, 2.45) is 0 Å². The van der Waals surface area contributed by atoms with Crippen molar-refractivity contribution in [2.45, 2.75) is 58.5 Å². The number of benzene rings is 1. The van der Waals surface area contributed by atoms with E-state index in [2.05, 4.69) is 24.1 Å². The van der Waals surface area contributed by atoms with Crippen molar-refractivity contribution in [1.82, 2.24) is 14.5 Å². The van der Waals surface area contributed by atoms with Crippen LogP contribution in [0.15, 0.2) is 29.1 Å². The van der Waals surface area contributed by atoms with E-state index in [-0.39, 0.29) is 27.9 Å². The minimum absolute atomic E-state index is 0.00154. The number of esters is 1. The maximum absolute atomic E-state index is 13.4. The van der Waals surface area contributed by atoms with Crippen LogP contribution in [0.1, 0.15) is 67.1 Å². The van der Waals surface area contributed by atoms with E-state index in [1.165, 1.54) is 7.11 Å². The van der Waals surface area contributed by atoms with Crippen LogP contribution in [-0.4, -0.2) is 27.6 Å². The lowest BCUT2D eigenvalue weighted by Crippen LogP contribution is -2.37. The predicted octanol–water partition coefficient (Wildman–Crippen LogP) is 4.78. The summed E-state index contributed by atoms with van der Waals surface area (Å²) in [6, 6.07) is 6.98. The smallest absolute Gasteiger partial charge is 0.358 e. The zero-order valence-corrected chi connectivity index (χ0v) is 19.7. The van der Waals surface area contributed by atoms with Crippen LogP contribution in [0.5, 0.6) is 0 Å². The van der Waals surface area contributed by atoms with E-state index >= 15 is 0 Å². The van der Waals surface area contributed by atoms with Crippen molar-refractivity contribution >= 4 is 34.2 Å². The highest BCUT2D eigenvalue weighted by molar-refractivity contribution is 6.29. The molecule has 2 aromatic heterocycles. The number of hydrogen-bond donors (Lipinski definition) is 1. The van der Waals surface area contributed by atoms with Gasteiger partial charge < -0.3 is 10.1 Å². The molecule has 4 rings (SSSR count). The quantitative estimate of drug-likeness (QED) is 0.450. The summed E-state index contributed by atoms with van der Waals surface area (Å²) in [7, 11) is 1.30. The number of aryl methyl sites for hydroxylation is 1. The molecule has 1 aliphatic rings. The molecule has 0 spiro atoms. The van der Waals surface area contributed by atoms with Crippen LogP contribution >= 0.6 is 11.6 Å². The second-order valence-corrected chi connectivity index (χ2v) is 9.40. The van der Waals surface area contributed by atoms with Crippen LogP contribution in [0, 0.1) is 6.92 Å². The molecule has 32 heavy (non-hydrogen) atoms. The molecule has 8 heteroatoms. The number of methoxy groups -OCH3 is 1. The van der Waals surface area contributed by atoms with Gasteiger partial charge in [-0.25, -0.2) is 14.8 Å². The van der Waals surface area contributed by atoms with E-state index < -0.39 is 5.97 Å². The number of halogens is 1. The fourth-order valence-corrected chi connectivity index (χ4v) is 4.61. The SMILES string of the molecule is COC(=O)c1nc(Cl)ccc1N[C@H](C)c1cc(C)cc2c(=O)n3c(nc12)C(C)(C)CCC3. The van der Waals surface area contributed by atoms with E-state index in [9.17, 15) is 9.59 Å². The Morgan fingerprint density at radius 3 is 2.75 bits per heavy atom. The van der Waals surface area contributed by atoms with E-state index in [4.69, 9.17) is 21.3 Å². The van der Waals surface area contributed by atoms with Crippen molar-refractivity contribution in [1.29, 1.82) is 0 Å². The summed E-state index contributed by atoms with van der Waals surface area (Å²) in [5.41, 5.74) is 2.96.